The van der Waals surface area contributed by atoms with Gasteiger partial charge >= 0.3 is 0 Å². The number of rotatable bonds is 5. The Hall–Kier alpha value is -2.95. The molecule has 5 heteroatoms. The minimum atomic E-state index is -0.917. The number of carbonyl (C=O) groups excluding carboxylic acids is 3. The van der Waals surface area contributed by atoms with Crippen LogP contribution < -0.4 is 9.64 Å². The Morgan fingerprint density at radius 2 is 1.62 bits per heavy atom. The number of amides is 1. The van der Waals surface area contributed by atoms with Crippen LogP contribution in [0.4, 0.5) is 5.69 Å². The molecule has 1 amide bonds. The maximum Gasteiger partial charge on any atom is 0.240 e. The molecule has 24 heavy (non-hydrogen) atoms. The van der Waals surface area contributed by atoms with Gasteiger partial charge in [0.15, 0.2) is 5.78 Å². The molecule has 0 spiro atoms. The number of β-lactam (4-membered cyclic amide) rings is 1. The maximum atomic E-state index is 12.8. The maximum absolute atomic E-state index is 12.8. The zero-order valence-corrected chi connectivity index (χ0v) is 13.4. The normalized spacial score (nSPS) is 19.6. The number of methoxy groups -OCH3 is 1. The van der Waals surface area contributed by atoms with Crippen molar-refractivity contribution in [2.45, 2.75) is 13.0 Å². The average Bonchev–Trinajstić information content (AvgIpc) is 2.60. The highest BCUT2D eigenvalue weighted by molar-refractivity contribution is 6.24. The predicted molar refractivity (Wildman–Crippen MR) is 89.2 cm³/mol. The summed E-state index contributed by atoms with van der Waals surface area (Å²) >= 11 is 0. The lowest BCUT2D eigenvalue weighted by Gasteiger charge is -2.45. The Morgan fingerprint density at radius 1 is 1.00 bits per heavy atom. The minimum Gasteiger partial charge on any atom is -0.497 e. The summed E-state index contributed by atoms with van der Waals surface area (Å²) in [5, 5.41) is 0. The Balaban J connectivity index is 1.96. The molecule has 2 aromatic rings. The van der Waals surface area contributed by atoms with Crippen molar-refractivity contribution in [1.29, 1.82) is 0 Å². The molecule has 1 aliphatic rings. The molecule has 1 saturated heterocycles. The molecule has 0 radical (unpaired) electrons. The number of benzene rings is 2. The second kappa shape index (κ2) is 6.28. The first-order chi connectivity index (χ1) is 11.5. The van der Waals surface area contributed by atoms with E-state index in [-0.39, 0.29) is 17.5 Å². The van der Waals surface area contributed by atoms with Crippen LogP contribution in [-0.4, -0.2) is 30.6 Å². The smallest absolute Gasteiger partial charge is 0.240 e. The van der Waals surface area contributed by atoms with Crippen LogP contribution in [0.1, 0.15) is 17.3 Å². The van der Waals surface area contributed by atoms with Crippen LogP contribution in [0.3, 0.4) is 0 Å². The lowest BCUT2D eigenvalue weighted by Crippen LogP contribution is -2.66. The first kappa shape index (κ1) is 15.9. The summed E-state index contributed by atoms with van der Waals surface area (Å²) in [6.07, 6.45) is 0. The van der Waals surface area contributed by atoms with Gasteiger partial charge in [0, 0.05) is 11.3 Å². The van der Waals surface area contributed by atoms with E-state index in [1.54, 1.807) is 55.6 Å². The summed E-state index contributed by atoms with van der Waals surface area (Å²) in [6.45, 7) is 1.35. The molecule has 0 N–H and O–H groups in total. The Labute approximate surface area is 139 Å². The molecule has 2 aromatic carbocycles. The first-order valence-corrected chi connectivity index (χ1v) is 7.61. The van der Waals surface area contributed by atoms with E-state index in [0.29, 0.717) is 17.0 Å². The Morgan fingerprint density at radius 3 is 2.17 bits per heavy atom. The molecule has 0 saturated carbocycles. The van der Waals surface area contributed by atoms with Gasteiger partial charge < -0.3 is 4.74 Å². The third-order valence-electron chi connectivity index (χ3n) is 4.21. The van der Waals surface area contributed by atoms with Gasteiger partial charge in [-0.1, -0.05) is 30.3 Å². The zero-order chi connectivity index (χ0) is 17.3. The fraction of sp³-hybridized carbons (Fsp3) is 0.211. The van der Waals surface area contributed by atoms with Gasteiger partial charge in [0.05, 0.1) is 7.11 Å². The average molecular weight is 323 g/mol. The number of ether oxygens (including phenoxy) is 1. The monoisotopic (exact) mass is 323 g/mol. The summed E-state index contributed by atoms with van der Waals surface area (Å²) in [4.78, 5) is 38.5. The molecule has 0 aromatic heterocycles. The number of carbonyl (C=O) groups is 3. The largest absolute Gasteiger partial charge is 0.497 e. The number of nitrogens with zero attached hydrogens (tertiary/aromatic N) is 1. The standard InChI is InChI=1S/C19H17NO4/c1-12(21)16-17(18(22)13-6-4-3-5-7-13)20(19(16)23)14-8-10-15(24-2)11-9-14/h3-11,16-17H,1-2H3/t16-,17+/m1/s1. The van der Waals surface area contributed by atoms with E-state index in [0.717, 1.165) is 0 Å². The van der Waals surface area contributed by atoms with Crippen LogP contribution >= 0.6 is 0 Å². The zero-order valence-electron chi connectivity index (χ0n) is 13.4. The van der Waals surface area contributed by atoms with Gasteiger partial charge in [-0.3, -0.25) is 19.3 Å². The van der Waals surface area contributed by atoms with E-state index in [1.165, 1.54) is 11.8 Å². The van der Waals surface area contributed by atoms with Gasteiger partial charge in [-0.15, -0.1) is 0 Å². The lowest BCUT2D eigenvalue weighted by atomic mass is 9.79. The first-order valence-electron chi connectivity index (χ1n) is 7.61. The molecule has 5 nitrogen and oxygen atoms in total. The van der Waals surface area contributed by atoms with E-state index < -0.39 is 12.0 Å². The molecular weight excluding hydrogens is 306 g/mol. The van der Waals surface area contributed by atoms with Gasteiger partial charge in [-0.25, -0.2) is 0 Å². The van der Waals surface area contributed by atoms with Crippen molar-refractivity contribution in [3.05, 3.63) is 60.2 Å². The molecular formula is C19H17NO4. The second-order valence-corrected chi connectivity index (χ2v) is 5.67. The number of Topliss-reactive ketones (excluding diaryl/α,β-unsaturated/α-hetero) is 2. The van der Waals surface area contributed by atoms with Crippen LogP contribution in [0.25, 0.3) is 0 Å². The van der Waals surface area contributed by atoms with E-state index in [2.05, 4.69) is 0 Å². The van der Waals surface area contributed by atoms with Gasteiger partial charge in [-0.2, -0.15) is 0 Å². The molecule has 0 aliphatic carbocycles. The van der Waals surface area contributed by atoms with E-state index >= 15 is 0 Å². The summed E-state index contributed by atoms with van der Waals surface area (Å²) in [5.74, 6) is -1.13. The summed E-state index contributed by atoms with van der Waals surface area (Å²) < 4.78 is 5.11. The van der Waals surface area contributed by atoms with E-state index in [9.17, 15) is 14.4 Å². The van der Waals surface area contributed by atoms with Crippen molar-refractivity contribution in [3.63, 3.8) is 0 Å². The number of anilines is 1. The van der Waals surface area contributed by atoms with Crippen LogP contribution in [0.2, 0.25) is 0 Å². The third kappa shape index (κ3) is 2.58. The third-order valence-corrected chi connectivity index (χ3v) is 4.21. The van der Waals surface area contributed by atoms with Crippen LogP contribution in [0.5, 0.6) is 5.75 Å². The van der Waals surface area contributed by atoms with Crippen molar-refractivity contribution in [1.82, 2.24) is 0 Å². The summed E-state index contributed by atoms with van der Waals surface area (Å²) in [5.41, 5.74) is 1.06. The highest BCUT2D eigenvalue weighted by atomic mass is 16.5. The van der Waals surface area contributed by atoms with Gasteiger partial charge in [-0.05, 0) is 31.2 Å². The molecule has 3 rings (SSSR count). The van der Waals surface area contributed by atoms with Gasteiger partial charge in [0.1, 0.15) is 23.5 Å². The lowest BCUT2D eigenvalue weighted by molar-refractivity contribution is -0.137. The minimum absolute atomic E-state index is 0.230. The number of hydrogen-bond donors (Lipinski definition) is 0. The summed E-state index contributed by atoms with van der Waals surface area (Å²) in [7, 11) is 1.55. The highest BCUT2D eigenvalue weighted by Gasteiger charge is 2.54. The molecule has 0 unspecified atom stereocenters. The number of ketones is 2. The fourth-order valence-corrected chi connectivity index (χ4v) is 2.96. The second-order valence-electron chi connectivity index (χ2n) is 5.67. The Kier molecular flexibility index (Phi) is 4.16. The van der Waals surface area contributed by atoms with Crippen molar-refractivity contribution in [2.24, 2.45) is 5.92 Å². The molecule has 1 aliphatic heterocycles. The molecule has 1 heterocycles. The predicted octanol–water partition coefficient (Wildman–Crippen LogP) is 2.50. The van der Waals surface area contributed by atoms with Crippen LogP contribution in [0.15, 0.2) is 54.6 Å². The summed E-state index contributed by atoms with van der Waals surface area (Å²) in [6, 6.07) is 14.8. The Bertz CT molecular complexity index is 783. The van der Waals surface area contributed by atoms with E-state index in [4.69, 9.17) is 4.74 Å². The van der Waals surface area contributed by atoms with Crippen molar-refractivity contribution < 1.29 is 19.1 Å². The van der Waals surface area contributed by atoms with E-state index in [1.807, 2.05) is 6.07 Å². The molecule has 0 bridgehead atoms. The number of hydrogen-bond acceptors (Lipinski definition) is 4. The van der Waals surface area contributed by atoms with Gasteiger partial charge in [0.25, 0.3) is 0 Å². The van der Waals surface area contributed by atoms with Crippen molar-refractivity contribution in [2.75, 3.05) is 12.0 Å². The van der Waals surface area contributed by atoms with Crippen LogP contribution in [0, 0.1) is 5.92 Å². The highest BCUT2D eigenvalue weighted by Crippen LogP contribution is 2.36. The van der Waals surface area contributed by atoms with Crippen LogP contribution in [-0.2, 0) is 9.59 Å². The SMILES string of the molecule is COc1ccc(N2C(=O)[C@H](C(C)=O)[C@H]2C(=O)c2ccccc2)cc1. The molecule has 2 atom stereocenters. The van der Waals surface area contributed by atoms with Gasteiger partial charge in [0.2, 0.25) is 5.91 Å². The topological polar surface area (TPSA) is 63.7 Å². The molecule has 122 valence electrons. The quantitative estimate of drug-likeness (QED) is 0.482. The fourth-order valence-electron chi connectivity index (χ4n) is 2.96. The molecule has 1 fully saturated rings. The van der Waals surface area contributed by atoms with Crippen molar-refractivity contribution >= 4 is 23.2 Å². The van der Waals surface area contributed by atoms with Crippen molar-refractivity contribution in [3.8, 4) is 5.75 Å².